The number of rotatable bonds is 8. The number of nitrogens with zero attached hydrogens (tertiary/aromatic N) is 1. The molecule has 0 spiro atoms. The van der Waals surface area contributed by atoms with Gasteiger partial charge in [-0.3, -0.25) is 9.69 Å². The molecule has 0 radical (unpaired) electrons. The van der Waals surface area contributed by atoms with Gasteiger partial charge in [0.2, 0.25) is 0 Å². The lowest BCUT2D eigenvalue weighted by atomic mass is 10.2. The lowest BCUT2D eigenvalue weighted by Crippen LogP contribution is -2.39. The van der Waals surface area contributed by atoms with Gasteiger partial charge in [0.1, 0.15) is 4.88 Å². The summed E-state index contributed by atoms with van der Waals surface area (Å²) in [5.41, 5.74) is 0. The van der Waals surface area contributed by atoms with Crippen molar-refractivity contribution in [1.82, 2.24) is 10.2 Å². The van der Waals surface area contributed by atoms with E-state index in [9.17, 15) is 4.79 Å². The van der Waals surface area contributed by atoms with Gasteiger partial charge in [0.05, 0.1) is 0 Å². The maximum Gasteiger partial charge on any atom is 0.262 e. The van der Waals surface area contributed by atoms with Crippen molar-refractivity contribution in [3.05, 3.63) is 16.3 Å². The normalized spacial score (nSPS) is 11.6. The fourth-order valence-electron chi connectivity index (χ4n) is 2.28. The van der Waals surface area contributed by atoms with E-state index >= 15 is 0 Å². The number of thiophene rings is 1. The van der Waals surface area contributed by atoms with Crippen molar-refractivity contribution in [3.8, 4) is 0 Å². The predicted molar refractivity (Wildman–Crippen MR) is 90.0 cm³/mol. The SMILES string of the molecule is CSc1ccsc1C(=O)NCCCN(C(C)C)C(C)C. The third-order valence-corrected chi connectivity index (χ3v) is 5.08. The summed E-state index contributed by atoms with van der Waals surface area (Å²) in [4.78, 5) is 16.4. The standard InChI is InChI=1S/C15H26N2OS2/c1-11(2)17(12(3)4)9-6-8-16-15(18)14-13(19-5)7-10-20-14/h7,10-12H,6,8-9H2,1-5H3,(H,16,18). The van der Waals surface area contributed by atoms with Crippen LogP contribution < -0.4 is 5.32 Å². The molecule has 0 saturated heterocycles. The van der Waals surface area contributed by atoms with Gasteiger partial charge in [-0.15, -0.1) is 23.1 Å². The highest BCUT2D eigenvalue weighted by molar-refractivity contribution is 7.98. The summed E-state index contributed by atoms with van der Waals surface area (Å²) in [6, 6.07) is 3.10. The van der Waals surface area contributed by atoms with Gasteiger partial charge in [-0.25, -0.2) is 0 Å². The van der Waals surface area contributed by atoms with E-state index in [1.165, 1.54) is 11.3 Å². The van der Waals surface area contributed by atoms with E-state index in [4.69, 9.17) is 0 Å². The first-order valence-corrected chi connectivity index (χ1v) is 9.23. The average Bonchev–Trinajstić information content (AvgIpc) is 2.85. The maximum absolute atomic E-state index is 12.1. The number of thioether (sulfide) groups is 1. The van der Waals surface area contributed by atoms with Crippen LogP contribution in [-0.4, -0.2) is 42.2 Å². The van der Waals surface area contributed by atoms with Crippen LogP contribution in [0.4, 0.5) is 0 Å². The van der Waals surface area contributed by atoms with Crippen LogP contribution in [0.2, 0.25) is 0 Å². The van der Waals surface area contributed by atoms with Crippen LogP contribution in [0.15, 0.2) is 16.3 Å². The summed E-state index contributed by atoms with van der Waals surface area (Å²) < 4.78 is 0. The van der Waals surface area contributed by atoms with Crippen LogP contribution in [-0.2, 0) is 0 Å². The molecule has 0 bridgehead atoms. The molecule has 0 aliphatic heterocycles. The van der Waals surface area contributed by atoms with Crippen LogP contribution >= 0.6 is 23.1 Å². The van der Waals surface area contributed by atoms with Gasteiger partial charge in [0.15, 0.2) is 0 Å². The number of hydrogen-bond donors (Lipinski definition) is 1. The smallest absolute Gasteiger partial charge is 0.262 e. The fourth-order valence-corrected chi connectivity index (χ4v) is 3.95. The first-order valence-electron chi connectivity index (χ1n) is 7.12. The Hall–Kier alpha value is -0.520. The Morgan fingerprint density at radius 1 is 1.35 bits per heavy atom. The highest BCUT2D eigenvalue weighted by Crippen LogP contribution is 2.25. The molecule has 20 heavy (non-hydrogen) atoms. The number of hydrogen-bond acceptors (Lipinski definition) is 4. The Morgan fingerprint density at radius 3 is 2.55 bits per heavy atom. The molecule has 0 unspecified atom stereocenters. The van der Waals surface area contributed by atoms with E-state index in [-0.39, 0.29) is 5.91 Å². The molecule has 1 rings (SSSR count). The number of nitrogens with one attached hydrogen (secondary N) is 1. The van der Waals surface area contributed by atoms with Gasteiger partial charge in [-0.2, -0.15) is 0 Å². The number of amides is 1. The van der Waals surface area contributed by atoms with Gasteiger partial charge in [0.25, 0.3) is 5.91 Å². The number of carbonyl (C=O) groups excluding carboxylic acids is 1. The highest BCUT2D eigenvalue weighted by atomic mass is 32.2. The van der Waals surface area contributed by atoms with E-state index < -0.39 is 0 Å². The molecule has 0 fully saturated rings. The van der Waals surface area contributed by atoms with Gasteiger partial charge in [0, 0.05) is 30.1 Å². The van der Waals surface area contributed by atoms with E-state index in [0.717, 1.165) is 29.3 Å². The molecule has 0 aliphatic rings. The summed E-state index contributed by atoms with van der Waals surface area (Å²) in [6.07, 6.45) is 2.99. The monoisotopic (exact) mass is 314 g/mol. The zero-order valence-electron chi connectivity index (χ0n) is 13.1. The molecule has 0 atom stereocenters. The van der Waals surface area contributed by atoms with Crippen molar-refractivity contribution >= 4 is 29.0 Å². The van der Waals surface area contributed by atoms with Gasteiger partial charge in [-0.05, 0) is 51.8 Å². The summed E-state index contributed by atoms with van der Waals surface area (Å²) in [5.74, 6) is 0.0602. The molecule has 114 valence electrons. The van der Waals surface area contributed by atoms with E-state index in [1.807, 2.05) is 17.7 Å². The molecule has 3 nitrogen and oxygen atoms in total. The van der Waals surface area contributed by atoms with E-state index in [1.54, 1.807) is 11.8 Å². The molecule has 0 saturated carbocycles. The fraction of sp³-hybridized carbons (Fsp3) is 0.667. The summed E-state index contributed by atoms with van der Waals surface area (Å²) in [7, 11) is 0. The third kappa shape index (κ3) is 5.11. The Bertz CT molecular complexity index is 408. The maximum atomic E-state index is 12.1. The molecule has 1 N–H and O–H groups in total. The van der Waals surface area contributed by atoms with Crippen LogP contribution in [0.5, 0.6) is 0 Å². The Labute approximate surface area is 131 Å². The molecule has 0 aromatic carbocycles. The first-order chi connectivity index (χ1) is 9.47. The van der Waals surface area contributed by atoms with Crippen molar-refractivity contribution in [2.75, 3.05) is 19.3 Å². The summed E-state index contributed by atoms with van der Waals surface area (Å²) in [6.45, 7) is 10.6. The van der Waals surface area contributed by atoms with Crippen LogP contribution in [0, 0.1) is 0 Å². The number of carbonyl (C=O) groups is 1. The Kier molecular flexibility index (Phi) is 7.62. The summed E-state index contributed by atoms with van der Waals surface area (Å²) in [5, 5.41) is 5.00. The lowest BCUT2D eigenvalue weighted by molar-refractivity contribution is 0.0951. The second-order valence-corrected chi connectivity index (χ2v) is 7.12. The van der Waals surface area contributed by atoms with Crippen molar-refractivity contribution in [3.63, 3.8) is 0 Å². The minimum absolute atomic E-state index is 0.0602. The van der Waals surface area contributed by atoms with Crippen LogP contribution in [0.3, 0.4) is 0 Å². The molecule has 1 aromatic rings. The van der Waals surface area contributed by atoms with E-state index in [0.29, 0.717) is 12.1 Å². The molecular weight excluding hydrogens is 288 g/mol. The average molecular weight is 315 g/mol. The molecular formula is C15H26N2OS2. The quantitative estimate of drug-likeness (QED) is 0.586. The molecule has 0 aliphatic carbocycles. The van der Waals surface area contributed by atoms with Crippen molar-refractivity contribution in [2.24, 2.45) is 0 Å². The predicted octanol–water partition coefficient (Wildman–Crippen LogP) is 3.71. The Balaban J connectivity index is 2.36. The molecule has 1 amide bonds. The Morgan fingerprint density at radius 2 is 2.00 bits per heavy atom. The minimum atomic E-state index is 0.0602. The first kappa shape index (κ1) is 17.5. The van der Waals surface area contributed by atoms with Gasteiger partial charge >= 0.3 is 0 Å². The molecule has 5 heteroatoms. The highest BCUT2D eigenvalue weighted by Gasteiger charge is 2.14. The summed E-state index contributed by atoms with van der Waals surface area (Å²) >= 11 is 3.14. The second-order valence-electron chi connectivity index (χ2n) is 5.35. The molecule has 1 heterocycles. The molecule has 1 aromatic heterocycles. The van der Waals surface area contributed by atoms with Gasteiger partial charge in [-0.1, -0.05) is 0 Å². The minimum Gasteiger partial charge on any atom is -0.351 e. The van der Waals surface area contributed by atoms with Crippen molar-refractivity contribution in [2.45, 2.75) is 51.1 Å². The van der Waals surface area contributed by atoms with Crippen LogP contribution in [0.1, 0.15) is 43.8 Å². The second kappa shape index (κ2) is 8.70. The lowest BCUT2D eigenvalue weighted by Gasteiger charge is -2.30. The largest absolute Gasteiger partial charge is 0.351 e. The van der Waals surface area contributed by atoms with Crippen LogP contribution in [0.25, 0.3) is 0 Å². The van der Waals surface area contributed by atoms with Crippen molar-refractivity contribution in [1.29, 1.82) is 0 Å². The topological polar surface area (TPSA) is 32.3 Å². The zero-order valence-corrected chi connectivity index (χ0v) is 14.7. The van der Waals surface area contributed by atoms with Gasteiger partial charge < -0.3 is 5.32 Å². The van der Waals surface area contributed by atoms with Crippen molar-refractivity contribution < 1.29 is 4.79 Å². The van der Waals surface area contributed by atoms with E-state index in [2.05, 4.69) is 37.9 Å². The third-order valence-electron chi connectivity index (χ3n) is 3.26. The zero-order chi connectivity index (χ0) is 15.1.